The normalized spacial score (nSPS) is 22.6. The third-order valence-corrected chi connectivity index (χ3v) is 10.9. The number of hydrogen-bond donors (Lipinski definition) is 0. The van der Waals surface area contributed by atoms with Crippen molar-refractivity contribution in [1.82, 2.24) is 19.6 Å². The van der Waals surface area contributed by atoms with E-state index in [2.05, 4.69) is 21.9 Å². The Morgan fingerprint density at radius 3 is 1.38 bits per heavy atom. The van der Waals surface area contributed by atoms with E-state index in [9.17, 15) is 18.4 Å². The van der Waals surface area contributed by atoms with Gasteiger partial charge in [0.25, 0.3) is 0 Å². The van der Waals surface area contributed by atoms with Crippen molar-refractivity contribution < 1.29 is 37.3 Å². The van der Waals surface area contributed by atoms with Crippen molar-refractivity contribution in [3.8, 4) is 0 Å². The number of carbonyl (C=O) groups is 2. The SMILES string of the molecule is CN1CCO[C@H](COC(=O)N2CCc3ccccc3[C@@H]2c2ccc(F)cc2)C1.CN1CCO[C@H](COC(=O)N2CCc3ccccc3[C@H]2c2ccc(F)cc2)C1. The summed E-state index contributed by atoms with van der Waals surface area (Å²) in [5, 5.41) is 0. The number of amides is 2. The van der Waals surface area contributed by atoms with Crippen LogP contribution in [0.5, 0.6) is 0 Å². The van der Waals surface area contributed by atoms with Crippen LogP contribution in [-0.2, 0) is 31.8 Å². The van der Waals surface area contributed by atoms with Gasteiger partial charge in [-0.15, -0.1) is 0 Å². The van der Waals surface area contributed by atoms with Gasteiger partial charge < -0.3 is 28.7 Å². The molecule has 12 heteroatoms. The third kappa shape index (κ3) is 9.55. The van der Waals surface area contributed by atoms with E-state index in [4.69, 9.17) is 18.9 Å². The van der Waals surface area contributed by atoms with E-state index < -0.39 is 0 Å². The Kier molecular flexibility index (Phi) is 12.9. The Balaban J connectivity index is 0.000000172. The van der Waals surface area contributed by atoms with Gasteiger partial charge in [-0.05, 0) is 84.6 Å². The molecule has 0 bridgehead atoms. The monoisotopic (exact) mass is 768 g/mol. The van der Waals surface area contributed by atoms with Gasteiger partial charge in [0.05, 0.1) is 25.3 Å². The molecule has 0 aromatic heterocycles. The summed E-state index contributed by atoms with van der Waals surface area (Å²) in [5.74, 6) is -0.582. The minimum atomic E-state index is -0.361. The molecule has 4 heterocycles. The molecule has 2 amide bonds. The maximum absolute atomic E-state index is 13.4. The van der Waals surface area contributed by atoms with E-state index in [-0.39, 0.29) is 61.3 Å². The molecule has 4 aromatic rings. The summed E-state index contributed by atoms with van der Waals surface area (Å²) in [7, 11) is 4.06. The topological polar surface area (TPSA) is 84.0 Å². The van der Waals surface area contributed by atoms with Crippen molar-refractivity contribution in [3.63, 3.8) is 0 Å². The fraction of sp³-hybridized carbons (Fsp3) is 0.409. The fourth-order valence-electron chi connectivity index (χ4n) is 7.97. The van der Waals surface area contributed by atoms with Gasteiger partial charge >= 0.3 is 12.2 Å². The number of morpholine rings is 2. The first-order chi connectivity index (χ1) is 27.2. The molecular formula is C44H50F2N4O6. The Hall–Kier alpha value is -4.88. The second-order valence-corrected chi connectivity index (χ2v) is 14.9. The second kappa shape index (κ2) is 18.4. The summed E-state index contributed by atoms with van der Waals surface area (Å²) < 4.78 is 49.5. The van der Waals surface area contributed by atoms with Crippen LogP contribution < -0.4 is 0 Å². The molecule has 4 aliphatic rings. The molecule has 0 unspecified atom stereocenters. The van der Waals surface area contributed by atoms with E-state index in [0.717, 1.165) is 61.3 Å². The summed E-state index contributed by atoms with van der Waals surface area (Å²) >= 11 is 0. The van der Waals surface area contributed by atoms with Crippen molar-refractivity contribution in [3.05, 3.63) is 142 Å². The van der Waals surface area contributed by atoms with Crippen LogP contribution in [0.1, 0.15) is 45.5 Å². The molecule has 0 aliphatic carbocycles. The summed E-state index contributed by atoms with van der Waals surface area (Å²) in [6, 6.07) is 28.3. The standard InChI is InChI=1S/2C22H25FN2O3/c2*1-24-12-13-27-19(14-24)15-28-22(26)25-11-10-16-4-2-3-5-20(16)21(25)17-6-8-18(23)9-7-17/h2*2-9,19,21H,10-15H2,1H3/t19-,21+;19-,21-/m00/s1. The number of likely N-dealkylation sites (N-methyl/N-ethyl adjacent to an activating group) is 2. The van der Waals surface area contributed by atoms with Crippen molar-refractivity contribution >= 4 is 12.2 Å². The molecule has 8 rings (SSSR count). The molecule has 56 heavy (non-hydrogen) atoms. The molecule has 0 saturated carbocycles. The number of halogens is 2. The summed E-state index contributed by atoms with van der Waals surface area (Å²) in [4.78, 5) is 33.7. The minimum absolute atomic E-state index is 0.107. The lowest BCUT2D eigenvalue weighted by Crippen LogP contribution is -2.45. The molecule has 2 saturated heterocycles. The Bertz CT molecular complexity index is 1790. The first kappa shape index (κ1) is 39.4. The maximum Gasteiger partial charge on any atom is 0.410 e. The zero-order chi connectivity index (χ0) is 39.0. The number of carbonyl (C=O) groups excluding carboxylic acids is 2. The van der Waals surface area contributed by atoms with Gasteiger partial charge in [-0.1, -0.05) is 72.8 Å². The van der Waals surface area contributed by atoms with Crippen LogP contribution in [0.15, 0.2) is 97.1 Å². The Morgan fingerprint density at radius 1 is 0.589 bits per heavy atom. The van der Waals surface area contributed by atoms with Gasteiger partial charge in [0, 0.05) is 39.3 Å². The van der Waals surface area contributed by atoms with Crippen LogP contribution in [0.3, 0.4) is 0 Å². The van der Waals surface area contributed by atoms with E-state index >= 15 is 0 Å². The van der Waals surface area contributed by atoms with E-state index in [1.165, 1.54) is 35.4 Å². The maximum atomic E-state index is 13.4. The number of rotatable bonds is 6. The number of hydrogen-bond acceptors (Lipinski definition) is 8. The van der Waals surface area contributed by atoms with E-state index in [1.54, 1.807) is 34.1 Å². The second-order valence-electron chi connectivity index (χ2n) is 14.9. The highest BCUT2D eigenvalue weighted by Crippen LogP contribution is 2.37. The summed E-state index contributed by atoms with van der Waals surface area (Å²) in [5.41, 5.74) is 6.28. The van der Waals surface area contributed by atoms with E-state index in [1.807, 2.05) is 50.5 Å². The molecule has 0 radical (unpaired) electrons. The number of ether oxygens (including phenoxy) is 4. The summed E-state index contributed by atoms with van der Waals surface area (Å²) in [6.07, 6.45) is 0.603. The van der Waals surface area contributed by atoms with Gasteiger partial charge in [0.1, 0.15) is 37.1 Å². The highest BCUT2D eigenvalue weighted by atomic mass is 19.1. The molecule has 296 valence electrons. The summed E-state index contributed by atoms with van der Waals surface area (Å²) in [6.45, 7) is 6.15. The van der Waals surface area contributed by atoms with Crippen LogP contribution in [0.25, 0.3) is 0 Å². The van der Waals surface area contributed by atoms with Crippen molar-refractivity contribution in [2.45, 2.75) is 37.1 Å². The largest absolute Gasteiger partial charge is 0.447 e. The van der Waals surface area contributed by atoms with Crippen LogP contribution >= 0.6 is 0 Å². The van der Waals surface area contributed by atoms with Crippen LogP contribution in [-0.4, -0.2) is 124 Å². The molecule has 0 spiro atoms. The Labute approximate surface area is 327 Å². The first-order valence-electron chi connectivity index (χ1n) is 19.4. The first-order valence-corrected chi connectivity index (χ1v) is 19.4. The smallest absolute Gasteiger partial charge is 0.410 e. The highest BCUT2D eigenvalue weighted by molar-refractivity contribution is 5.71. The number of benzene rings is 4. The number of fused-ring (bicyclic) bond motifs is 2. The van der Waals surface area contributed by atoms with Crippen LogP contribution in [0.2, 0.25) is 0 Å². The van der Waals surface area contributed by atoms with Crippen LogP contribution in [0.4, 0.5) is 18.4 Å². The molecule has 4 atom stereocenters. The molecule has 10 nitrogen and oxygen atoms in total. The van der Waals surface area contributed by atoms with Crippen LogP contribution in [0, 0.1) is 11.6 Å². The van der Waals surface area contributed by atoms with Gasteiger partial charge in [0.2, 0.25) is 0 Å². The van der Waals surface area contributed by atoms with Gasteiger partial charge in [-0.3, -0.25) is 9.80 Å². The fourth-order valence-corrected chi connectivity index (χ4v) is 7.97. The minimum Gasteiger partial charge on any atom is -0.447 e. The number of nitrogens with zero attached hydrogens (tertiary/aromatic N) is 4. The third-order valence-electron chi connectivity index (χ3n) is 10.9. The predicted octanol–water partition coefficient (Wildman–Crippen LogP) is 6.48. The van der Waals surface area contributed by atoms with Crippen molar-refractivity contribution in [1.29, 1.82) is 0 Å². The van der Waals surface area contributed by atoms with Gasteiger partial charge in [0.15, 0.2) is 0 Å². The lowest BCUT2D eigenvalue weighted by Gasteiger charge is -2.37. The predicted molar refractivity (Wildman–Crippen MR) is 207 cm³/mol. The van der Waals surface area contributed by atoms with Crippen molar-refractivity contribution in [2.75, 3.05) is 79.8 Å². The van der Waals surface area contributed by atoms with Gasteiger partial charge in [-0.25, -0.2) is 18.4 Å². The average molecular weight is 769 g/mol. The van der Waals surface area contributed by atoms with Crippen molar-refractivity contribution in [2.24, 2.45) is 0 Å². The molecular weight excluding hydrogens is 719 g/mol. The average Bonchev–Trinajstić information content (AvgIpc) is 3.22. The molecule has 4 aromatic carbocycles. The van der Waals surface area contributed by atoms with Gasteiger partial charge in [-0.2, -0.15) is 0 Å². The lowest BCUT2D eigenvalue weighted by atomic mass is 9.88. The van der Waals surface area contributed by atoms with E-state index in [0.29, 0.717) is 26.3 Å². The Morgan fingerprint density at radius 2 is 0.982 bits per heavy atom. The zero-order valence-corrected chi connectivity index (χ0v) is 32.0. The molecule has 2 fully saturated rings. The highest BCUT2D eigenvalue weighted by Gasteiger charge is 2.35. The molecule has 4 aliphatic heterocycles. The lowest BCUT2D eigenvalue weighted by molar-refractivity contribution is -0.0532. The molecule has 0 N–H and O–H groups in total. The zero-order valence-electron chi connectivity index (χ0n) is 32.0. The quantitative estimate of drug-likeness (QED) is 0.221.